The van der Waals surface area contributed by atoms with Crippen molar-refractivity contribution in [2.45, 2.75) is 12.3 Å². The fourth-order valence-electron chi connectivity index (χ4n) is 3.90. The first-order valence-corrected chi connectivity index (χ1v) is 10.2. The lowest BCUT2D eigenvalue weighted by molar-refractivity contribution is -0.140. The number of benzene rings is 3. The van der Waals surface area contributed by atoms with Crippen LogP contribution >= 0.6 is 0 Å². The molecular weight excluding hydrogens is 424 g/mol. The predicted octanol–water partition coefficient (Wildman–Crippen LogP) is 4.57. The third-order valence-electron chi connectivity index (χ3n) is 5.50. The van der Waals surface area contributed by atoms with Gasteiger partial charge in [0.25, 0.3) is 0 Å². The molecule has 0 saturated heterocycles. The fraction of sp³-hybridized carbons (Fsp3) is 0.154. The lowest BCUT2D eigenvalue weighted by atomic mass is 9.86. The van der Waals surface area contributed by atoms with Crippen LogP contribution in [0.25, 0.3) is 22.3 Å². The summed E-state index contributed by atoms with van der Waals surface area (Å²) in [5, 5.41) is 21.2. The van der Waals surface area contributed by atoms with Crippen LogP contribution in [0.5, 0.6) is 17.2 Å². The number of phenols is 2. The molecule has 2 N–H and O–H groups in total. The molecule has 0 aliphatic rings. The van der Waals surface area contributed by atoms with Crippen LogP contribution in [0.15, 0.2) is 75.9 Å². The van der Waals surface area contributed by atoms with E-state index in [1.54, 1.807) is 48.5 Å². The molecule has 0 unspecified atom stereocenters. The molecule has 168 valence electrons. The molecule has 7 heteroatoms. The minimum atomic E-state index is -0.746. The Kier molecular flexibility index (Phi) is 6.04. The number of fused-ring (bicyclic) bond motifs is 1. The molecule has 4 rings (SSSR count). The largest absolute Gasteiger partial charge is 0.507 e. The van der Waals surface area contributed by atoms with E-state index in [1.165, 1.54) is 20.3 Å². The number of carbonyl (C=O) groups is 1. The summed E-state index contributed by atoms with van der Waals surface area (Å²) < 4.78 is 16.3. The van der Waals surface area contributed by atoms with E-state index in [2.05, 4.69) is 0 Å². The van der Waals surface area contributed by atoms with Gasteiger partial charge in [0.15, 0.2) is 5.43 Å². The summed E-state index contributed by atoms with van der Waals surface area (Å²) in [5.74, 6) is -1.18. The lowest BCUT2D eigenvalue weighted by Gasteiger charge is -2.20. The maximum atomic E-state index is 13.0. The van der Waals surface area contributed by atoms with Gasteiger partial charge in [0, 0.05) is 29.2 Å². The first-order chi connectivity index (χ1) is 15.9. The predicted molar refractivity (Wildman–Crippen MR) is 123 cm³/mol. The second-order valence-electron chi connectivity index (χ2n) is 7.48. The molecule has 3 aromatic carbocycles. The van der Waals surface area contributed by atoms with Gasteiger partial charge in [0.2, 0.25) is 0 Å². The van der Waals surface area contributed by atoms with E-state index in [0.717, 1.165) is 6.07 Å². The lowest BCUT2D eigenvalue weighted by Crippen LogP contribution is -2.12. The molecule has 0 radical (unpaired) electrons. The van der Waals surface area contributed by atoms with Gasteiger partial charge in [-0.3, -0.25) is 9.59 Å². The second-order valence-corrected chi connectivity index (χ2v) is 7.48. The van der Waals surface area contributed by atoms with Crippen LogP contribution < -0.4 is 10.2 Å². The number of methoxy groups -OCH3 is 2. The molecule has 1 aromatic heterocycles. The van der Waals surface area contributed by atoms with Crippen LogP contribution in [0, 0.1) is 0 Å². The van der Waals surface area contributed by atoms with Crippen molar-refractivity contribution in [2.24, 2.45) is 0 Å². The van der Waals surface area contributed by atoms with Gasteiger partial charge >= 0.3 is 5.97 Å². The van der Waals surface area contributed by atoms with E-state index >= 15 is 0 Å². The summed E-state index contributed by atoms with van der Waals surface area (Å²) in [7, 11) is 2.79. The van der Waals surface area contributed by atoms with E-state index < -0.39 is 23.1 Å². The van der Waals surface area contributed by atoms with Crippen molar-refractivity contribution < 1.29 is 28.9 Å². The molecule has 0 amide bonds. The maximum absolute atomic E-state index is 13.0. The number of hydrogen-bond acceptors (Lipinski definition) is 7. The Morgan fingerprint density at radius 3 is 2.42 bits per heavy atom. The molecule has 7 nitrogen and oxygen atoms in total. The number of aromatic hydroxyl groups is 2. The minimum absolute atomic E-state index is 0.00410. The third kappa shape index (κ3) is 4.25. The van der Waals surface area contributed by atoms with E-state index in [4.69, 9.17) is 13.9 Å². The van der Waals surface area contributed by atoms with Crippen molar-refractivity contribution in [3.05, 3.63) is 88.1 Å². The normalized spacial score (nSPS) is 11.8. The first kappa shape index (κ1) is 22.0. The number of carbonyl (C=O) groups excluding carboxylic acids is 1. The summed E-state index contributed by atoms with van der Waals surface area (Å²) in [5.41, 5.74) is 0.995. The van der Waals surface area contributed by atoms with Gasteiger partial charge in [-0.15, -0.1) is 0 Å². The first-order valence-electron chi connectivity index (χ1n) is 10.2. The monoisotopic (exact) mass is 446 g/mol. The molecule has 0 aliphatic carbocycles. The minimum Gasteiger partial charge on any atom is -0.507 e. The SMILES string of the molecule is COC(=O)C[C@@H](c1cccc(OC)c1)c1c(O)cc(O)c2c(=O)cc(-c3ccccc3)oc12. The van der Waals surface area contributed by atoms with Gasteiger partial charge in [-0.25, -0.2) is 0 Å². The molecule has 0 bridgehead atoms. The van der Waals surface area contributed by atoms with Crippen LogP contribution in [-0.4, -0.2) is 30.4 Å². The number of esters is 1. The zero-order valence-electron chi connectivity index (χ0n) is 18.1. The highest BCUT2D eigenvalue weighted by molar-refractivity contribution is 5.90. The van der Waals surface area contributed by atoms with Crippen LogP contribution in [0.2, 0.25) is 0 Å². The van der Waals surface area contributed by atoms with E-state index in [0.29, 0.717) is 16.9 Å². The smallest absolute Gasteiger partial charge is 0.306 e. The van der Waals surface area contributed by atoms with Crippen LogP contribution in [0.3, 0.4) is 0 Å². The van der Waals surface area contributed by atoms with Crippen molar-refractivity contribution in [1.29, 1.82) is 0 Å². The number of phenolic OH excluding ortho intramolecular Hbond substituents is 2. The summed E-state index contributed by atoms with van der Waals surface area (Å²) >= 11 is 0. The zero-order chi connectivity index (χ0) is 23.5. The third-order valence-corrected chi connectivity index (χ3v) is 5.50. The van der Waals surface area contributed by atoms with Crippen molar-refractivity contribution >= 4 is 16.9 Å². The van der Waals surface area contributed by atoms with Crippen LogP contribution in [0.1, 0.15) is 23.5 Å². The number of hydrogen-bond donors (Lipinski definition) is 2. The van der Waals surface area contributed by atoms with Gasteiger partial charge in [0.05, 0.1) is 20.6 Å². The quantitative estimate of drug-likeness (QED) is 0.418. The van der Waals surface area contributed by atoms with Gasteiger partial charge < -0.3 is 24.1 Å². The van der Waals surface area contributed by atoms with Gasteiger partial charge in [-0.05, 0) is 17.7 Å². The topological polar surface area (TPSA) is 106 Å². The molecule has 0 fully saturated rings. The molecular formula is C26H22O7. The molecule has 1 atom stereocenters. The second kappa shape index (κ2) is 9.08. The van der Waals surface area contributed by atoms with Crippen molar-refractivity contribution in [3.8, 4) is 28.6 Å². The van der Waals surface area contributed by atoms with Crippen LogP contribution in [-0.2, 0) is 9.53 Å². The average molecular weight is 446 g/mol. The molecule has 0 saturated carbocycles. The average Bonchev–Trinajstić information content (AvgIpc) is 2.83. The zero-order valence-corrected chi connectivity index (χ0v) is 18.1. The Balaban J connectivity index is 2.04. The Labute approximate surface area is 189 Å². The standard InChI is InChI=1S/C26H22O7/c1-31-17-10-6-9-16(11-17)18(12-23(30)32-2)24-19(27)13-20(28)25-21(29)14-22(33-26(24)25)15-7-4-3-5-8-15/h3-11,13-14,18,27-28H,12H2,1-2H3/t18-/m0/s1. The summed E-state index contributed by atoms with van der Waals surface area (Å²) in [6.45, 7) is 0. The highest BCUT2D eigenvalue weighted by Crippen LogP contribution is 2.43. The fourth-order valence-corrected chi connectivity index (χ4v) is 3.90. The van der Waals surface area contributed by atoms with Crippen molar-refractivity contribution in [3.63, 3.8) is 0 Å². The number of rotatable bonds is 6. The Morgan fingerprint density at radius 1 is 0.970 bits per heavy atom. The molecule has 1 heterocycles. The van der Waals surface area contributed by atoms with Crippen molar-refractivity contribution in [1.82, 2.24) is 0 Å². The molecule has 4 aromatic rings. The summed E-state index contributed by atoms with van der Waals surface area (Å²) in [6, 6.07) is 18.4. The Bertz CT molecular complexity index is 1370. The number of ether oxygens (including phenoxy) is 2. The molecule has 33 heavy (non-hydrogen) atoms. The van der Waals surface area contributed by atoms with E-state index in [-0.39, 0.29) is 34.5 Å². The van der Waals surface area contributed by atoms with E-state index in [1.807, 2.05) is 6.07 Å². The molecule has 0 spiro atoms. The van der Waals surface area contributed by atoms with E-state index in [9.17, 15) is 19.8 Å². The molecule has 0 aliphatic heterocycles. The van der Waals surface area contributed by atoms with Crippen molar-refractivity contribution in [2.75, 3.05) is 14.2 Å². The summed E-state index contributed by atoms with van der Waals surface area (Å²) in [4.78, 5) is 25.3. The van der Waals surface area contributed by atoms with Gasteiger partial charge in [-0.2, -0.15) is 0 Å². The van der Waals surface area contributed by atoms with Gasteiger partial charge in [0.1, 0.15) is 34.0 Å². The highest BCUT2D eigenvalue weighted by atomic mass is 16.5. The summed E-state index contributed by atoms with van der Waals surface area (Å²) in [6.07, 6.45) is -0.142. The van der Waals surface area contributed by atoms with Crippen LogP contribution in [0.4, 0.5) is 0 Å². The van der Waals surface area contributed by atoms with Gasteiger partial charge in [-0.1, -0.05) is 42.5 Å². The maximum Gasteiger partial charge on any atom is 0.306 e. The Hall–Kier alpha value is -4.26. The highest BCUT2D eigenvalue weighted by Gasteiger charge is 2.28. The Morgan fingerprint density at radius 2 is 1.73 bits per heavy atom.